The van der Waals surface area contributed by atoms with Gasteiger partial charge >= 0.3 is 0 Å². The maximum Gasteiger partial charge on any atom is 0.166 e. The summed E-state index contributed by atoms with van der Waals surface area (Å²) in [5.41, 5.74) is 2.17. The number of ketones is 1. The third-order valence-corrected chi connectivity index (χ3v) is 4.14. The third-order valence-electron chi connectivity index (χ3n) is 3.64. The van der Waals surface area contributed by atoms with Crippen LogP contribution in [0.1, 0.15) is 49.0 Å². The van der Waals surface area contributed by atoms with E-state index in [0.717, 1.165) is 22.9 Å². The molecular weight excluding hydrogens is 276 g/mol. The van der Waals surface area contributed by atoms with Gasteiger partial charge in [0, 0.05) is 16.0 Å². The summed E-state index contributed by atoms with van der Waals surface area (Å²) in [5, 5.41) is 0. The molecule has 0 heterocycles. The fourth-order valence-electron chi connectivity index (χ4n) is 2.82. The fraction of sp³-hybridized carbons (Fsp3) is 0.533. The van der Waals surface area contributed by atoms with Gasteiger partial charge in [0.25, 0.3) is 0 Å². The molecular formula is C15H19BrO. The van der Waals surface area contributed by atoms with Crippen molar-refractivity contribution in [2.24, 2.45) is 11.8 Å². The van der Waals surface area contributed by atoms with Crippen LogP contribution in [0.2, 0.25) is 0 Å². The highest BCUT2D eigenvalue weighted by molar-refractivity contribution is 9.10. The first-order valence-corrected chi connectivity index (χ1v) is 7.23. The molecule has 1 aliphatic carbocycles. The third kappa shape index (κ3) is 2.79. The predicted molar refractivity (Wildman–Crippen MR) is 74.4 cm³/mol. The van der Waals surface area contributed by atoms with E-state index in [1.807, 2.05) is 12.1 Å². The summed E-state index contributed by atoms with van der Waals surface area (Å²) in [6.45, 7) is 4.47. The highest BCUT2D eigenvalue weighted by atomic mass is 79.9. The van der Waals surface area contributed by atoms with E-state index in [0.29, 0.717) is 11.7 Å². The monoisotopic (exact) mass is 294 g/mol. The van der Waals surface area contributed by atoms with Crippen molar-refractivity contribution < 1.29 is 4.79 Å². The SMILES string of the molecule is CCCC(C)C[C@H]1Cc2ccc(Br)cc2C1=O. The Kier molecular flexibility index (Phi) is 4.03. The van der Waals surface area contributed by atoms with Crippen molar-refractivity contribution in [2.45, 2.75) is 39.5 Å². The Morgan fingerprint density at radius 2 is 2.24 bits per heavy atom. The molecule has 17 heavy (non-hydrogen) atoms. The predicted octanol–water partition coefficient (Wildman–Crippen LogP) is 4.63. The molecule has 2 atom stereocenters. The van der Waals surface area contributed by atoms with Crippen molar-refractivity contribution in [3.05, 3.63) is 33.8 Å². The molecule has 0 saturated heterocycles. The van der Waals surface area contributed by atoms with Crippen molar-refractivity contribution in [2.75, 3.05) is 0 Å². The summed E-state index contributed by atoms with van der Waals surface area (Å²) >= 11 is 3.44. The molecule has 0 fully saturated rings. The van der Waals surface area contributed by atoms with Crippen LogP contribution in [-0.2, 0) is 6.42 Å². The second-order valence-corrected chi connectivity index (χ2v) is 6.11. The molecule has 0 aliphatic heterocycles. The Labute approximate surface area is 112 Å². The Morgan fingerprint density at radius 3 is 2.94 bits per heavy atom. The van der Waals surface area contributed by atoms with E-state index in [-0.39, 0.29) is 5.92 Å². The van der Waals surface area contributed by atoms with Crippen LogP contribution in [0.5, 0.6) is 0 Å². The van der Waals surface area contributed by atoms with Crippen molar-refractivity contribution in [1.82, 2.24) is 0 Å². The van der Waals surface area contributed by atoms with Gasteiger partial charge in [-0.15, -0.1) is 0 Å². The van der Waals surface area contributed by atoms with Gasteiger partial charge in [0.2, 0.25) is 0 Å². The zero-order valence-corrected chi connectivity index (χ0v) is 12.1. The molecule has 2 heteroatoms. The lowest BCUT2D eigenvalue weighted by Gasteiger charge is -2.14. The van der Waals surface area contributed by atoms with Gasteiger partial charge in [-0.05, 0) is 36.5 Å². The molecule has 0 bridgehead atoms. The van der Waals surface area contributed by atoms with Gasteiger partial charge in [0.05, 0.1) is 0 Å². The van der Waals surface area contributed by atoms with Crippen molar-refractivity contribution >= 4 is 21.7 Å². The van der Waals surface area contributed by atoms with Crippen LogP contribution in [0.4, 0.5) is 0 Å². The quantitative estimate of drug-likeness (QED) is 0.791. The minimum absolute atomic E-state index is 0.223. The topological polar surface area (TPSA) is 17.1 Å². The van der Waals surface area contributed by atoms with E-state index in [9.17, 15) is 4.79 Å². The lowest BCUT2D eigenvalue weighted by atomic mass is 9.90. The lowest BCUT2D eigenvalue weighted by Crippen LogP contribution is -2.13. The van der Waals surface area contributed by atoms with Gasteiger partial charge in [0.15, 0.2) is 5.78 Å². The van der Waals surface area contributed by atoms with Gasteiger partial charge in [-0.3, -0.25) is 4.79 Å². The number of halogens is 1. The maximum atomic E-state index is 12.3. The first kappa shape index (κ1) is 12.8. The van der Waals surface area contributed by atoms with Crippen LogP contribution in [0, 0.1) is 11.8 Å². The minimum Gasteiger partial charge on any atom is -0.294 e. The largest absolute Gasteiger partial charge is 0.294 e. The highest BCUT2D eigenvalue weighted by Crippen LogP contribution is 2.33. The van der Waals surface area contributed by atoms with Crippen LogP contribution in [-0.4, -0.2) is 5.78 Å². The molecule has 1 nitrogen and oxygen atoms in total. The summed E-state index contributed by atoms with van der Waals surface area (Å²) in [7, 11) is 0. The van der Waals surface area contributed by atoms with E-state index in [1.165, 1.54) is 18.4 Å². The number of hydrogen-bond acceptors (Lipinski definition) is 1. The molecule has 0 saturated carbocycles. The Balaban J connectivity index is 2.09. The Morgan fingerprint density at radius 1 is 1.47 bits per heavy atom. The maximum absolute atomic E-state index is 12.3. The molecule has 92 valence electrons. The standard InChI is InChI=1S/C15H19BrO/c1-3-4-10(2)7-12-8-11-5-6-13(16)9-14(11)15(12)17/h5-6,9-10,12H,3-4,7-8H2,1-2H3/t10?,12-/m0/s1. The van der Waals surface area contributed by atoms with Crippen LogP contribution in [0.3, 0.4) is 0 Å². The molecule has 1 aromatic rings. The number of carbonyl (C=O) groups is 1. The highest BCUT2D eigenvalue weighted by Gasteiger charge is 2.31. The number of Topliss-reactive ketones (excluding diaryl/α,β-unsaturated/α-hetero) is 1. The van der Waals surface area contributed by atoms with Gasteiger partial charge in [-0.1, -0.05) is 48.7 Å². The lowest BCUT2D eigenvalue weighted by molar-refractivity contribution is 0.0919. The normalized spacial score (nSPS) is 20.4. The van der Waals surface area contributed by atoms with Crippen molar-refractivity contribution in [3.8, 4) is 0 Å². The van der Waals surface area contributed by atoms with Gasteiger partial charge in [-0.25, -0.2) is 0 Å². The summed E-state index contributed by atoms with van der Waals surface area (Å²) in [6.07, 6.45) is 4.42. The summed E-state index contributed by atoms with van der Waals surface area (Å²) in [5.74, 6) is 1.23. The number of benzene rings is 1. The number of rotatable bonds is 4. The molecule has 0 aromatic heterocycles. The van der Waals surface area contributed by atoms with E-state index in [2.05, 4.69) is 35.8 Å². The van der Waals surface area contributed by atoms with Crippen molar-refractivity contribution in [1.29, 1.82) is 0 Å². The molecule has 0 radical (unpaired) electrons. The van der Waals surface area contributed by atoms with E-state index in [1.54, 1.807) is 0 Å². The summed E-state index contributed by atoms with van der Waals surface area (Å²) < 4.78 is 1.01. The summed E-state index contributed by atoms with van der Waals surface area (Å²) in [4.78, 5) is 12.3. The molecule has 2 rings (SSSR count). The average Bonchev–Trinajstić information content (AvgIpc) is 2.57. The van der Waals surface area contributed by atoms with Crippen molar-refractivity contribution in [3.63, 3.8) is 0 Å². The molecule has 1 aliphatic rings. The summed E-state index contributed by atoms with van der Waals surface area (Å²) in [6, 6.07) is 6.09. The molecule has 0 N–H and O–H groups in total. The zero-order chi connectivity index (χ0) is 12.4. The van der Waals surface area contributed by atoms with Crippen LogP contribution < -0.4 is 0 Å². The number of hydrogen-bond donors (Lipinski definition) is 0. The average molecular weight is 295 g/mol. The number of carbonyl (C=O) groups excluding carboxylic acids is 1. The fourth-order valence-corrected chi connectivity index (χ4v) is 3.18. The first-order chi connectivity index (χ1) is 8.11. The van der Waals surface area contributed by atoms with Crippen LogP contribution in [0.25, 0.3) is 0 Å². The molecule has 1 unspecified atom stereocenters. The van der Waals surface area contributed by atoms with Gasteiger partial charge < -0.3 is 0 Å². The van der Waals surface area contributed by atoms with E-state index < -0.39 is 0 Å². The van der Waals surface area contributed by atoms with E-state index >= 15 is 0 Å². The second-order valence-electron chi connectivity index (χ2n) is 5.20. The van der Waals surface area contributed by atoms with Gasteiger partial charge in [-0.2, -0.15) is 0 Å². The molecule has 1 aromatic carbocycles. The van der Waals surface area contributed by atoms with Crippen LogP contribution in [0.15, 0.2) is 22.7 Å². The van der Waals surface area contributed by atoms with Crippen LogP contribution >= 0.6 is 15.9 Å². The number of fused-ring (bicyclic) bond motifs is 1. The molecule has 0 amide bonds. The van der Waals surface area contributed by atoms with E-state index in [4.69, 9.17) is 0 Å². The molecule has 0 spiro atoms. The zero-order valence-electron chi connectivity index (χ0n) is 10.5. The Hall–Kier alpha value is -0.630. The van der Waals surface area contributed by atoms with Gasteiger partial charge in [0.1, 0.15) is 0 Å². The second kappa shape index (κ2) is 5.34. The smallest absolute Gasteiger partial charge is 0.166 e. The minimum atomic E-state index is 0.223. The first-order valence-electron chi connectivity index (χ1n) is 6.44. The Bertz CT molecular complexity index is 425.